The molecule has 3 saturated heterocycles. The van der Waals surface area contributed by atoms with E-state index < -0.39 is 60.0 Å². The van der Waals surface area contributed by atoms with E-state index in [2.05, 4.69) is 0 Å². The highest BCUT2D eigenvalue weighted by Gasteiger charge is 2.57. The molecule has 0 bridgehead atoms. The number of amides is 1. The number of likely N-dealkylation sites (tertiary alicyclic amines) is 1. The molecule has 3 heterocycles. The molecule has 11 nitrogen and oxygen atoms in total. The third-order valence-electron chi connectivity index (χ3n) is 6.89. The largest absolute Gasteiger partial charge is 0.466 e. The Labute approximate surface area is 233 Å². The van der Waals surface area contributed by atoms with Gasteiger partial charge in [-0.2, -0.15) is 0 Å². The summed E-state index contributed by atoms with van der Waals surface area (Å²) in [6, 6.07) is 7.84. The number of esters is 2. The lowest BCUT2D eigenvalue weighted by Gasteiger charge is -2.50. The van der Waals surface area contributed by atoms with E-state index in [1.165, 1.54) is 37.3 Å². The van der Waals surface area contributed by atoms with Gasteiger partial charge in [-0.1, -0.05) is 42.5 Å². The minimum atomic E-state index is -1.01. The van der Waals surface area contributed by atoms with Crippen LogP contribution in [-0.2, 0) is 54.1 Å². The van der Waals surface area contributed by atoms with Crippen LogP contribution in [0.5, 0.6) is 0 Å². The molecule has 4 rings (SSSR count). The van der Waals surface area contributed by atoms with E-state index in [9.17, 15) is 14.4 Å². The van der Waals surface area contributed by atoms with Crippen LogP contribution < -0.4 is 0 Å². The third-order valence-corrected chi connectivity index (χ3v) is 6.89. The molecular formula is C29H37NO10. The fraction of sp³-hybridized carbons (Fsp3) is 0.552. The maximum absolute atomic E-state index is 13.3. The minimum absolute atomic E-state index is 0.110. The van der Waals surface area contributed by atoms with E-state index in [-0.39, 0.29) is 19.1 Å². The van der Waals surface area contributed by atoms with Gasteiger partial charge < -0.3 is 38.1 Å². The van der Waals surface area contributed by atoms with Crippen molar-refractivity contribution in [3.8, 4) is 0 Å². The van der Waals surface area contributed by atoms with E-state index in [4.69, 9.17) is 33.2 Å². The Kier molecular flexibility index (Phi) is 9.11. The number of ether oxygens (including phenoxy) is 7. The zero-order chi connectivity index (χ0) is 29.1. The number of carbonyl (C=O) groups is 3. The Morgan fingerprint density at radius 2 is 1.75 bits per heavy atom. The predicted octanol–water partition coefficient (Wildman–Crippen LogP) is 2.28. The van der Waals surface area contributed by atoms with Crippen LogP contribution >= 0.6 is 0 Å². The number of carbonyl (C=O) groups excluding carboxylic acids is 3. The van der Waals surface area contributed by atoms with Crippen LogP contribution in [0.25, 0.3) is 0 Å². The molecule has 3 aliphatic heterocycles. The van der Waals surface area contributed by atoms with Crippen LogP contribution in [0.4, 0.5) is 0 Å². The highest BCUT2D eigenvalue weighted by Crippen LogP contribution is 2.40. The summed E-state index contributed by atoms with van der Waals surface area (Å²) in [6.45, 7) is 7.50. The lowest BCUT2D eigenvalue weighted by Crippen LogP contribution is -2.70. The quantitative estimate of drug-likeness (QED) is 0.240. The van der Waals surface area contributed by atoms with Gasteiger partial charge in [-0.25, -0.2) is 9.59 Å². The maximum Gasteiger partial charge on any atom is 0.330 e. The van der Waals surface area contributed by atoms with Crippen molar-refractivity contribution in [2.45, 2.75) is 82.4 Å². The molecule has 1 aromatic carbocycles. The minimum Gasteiger partial charge on any atom is -0.466 e. The summed E-state index contributed by atoms with van der Waals surface area (Å²) in [6.07, 6.45) is 2.86. The Balaban J connectivity index is 1.59. The van der Waals surface area contributed by atoms with Crippen molar-refractivity contribution in [1.82, 2.24) is 4.90 Å². The van der Waals surface area contributed by atoms with Crippen molar-refractivity contribution in [3.05, 3.63) is 60.2 Å². The van der Waals surface area contributed by atoms with Gasteiger partial charge in [0.1, 0.15) is 24.9 Å². The second kappa shape index (κ2) is 12.2. The van der Waals surface area contributed by atoms with Crippen molar-refractivity contribution in [3.63, 3.8) is 0 Å². The smallest absolute Gasteiger partial charge is 0.330 e. The number of hydrogen-bond acceptors (Lipinski definition) is 10. The first-order valence-corrected chi connectivity index (χ1v) is 13.1. The van der Waals surface area contributed by atoms with E-state index >= 15 is 0 Å². The summed E-state index contributed by atoms with van der Waals surface area (Å²) in [5, 5.41) is 0. The molecule has 0 spiro atoms. The summed E-state index contributed by atoms with van der Waals surface area (Å²) in [4.78, 5) is 39.4. The maximum atomic E-state index is 13.3. The highest BCUT2D eigenvalue weighted by molar-refractivity contribution is 5.91. The van der Waals surface area contributed by atoms with Gasteiger partial charge in [0.25, 0.3) is 5.91 Å². The van der Waals surface area contributed by atoms with Crippen LogP contribution in [0.1, 0.15) is 33.3 Å². The van der Waals surface area contributed by atoms with Gasteiger partial charge in [0, 0.05) is 19.3 Å². The highest BCUT2D eigenvalue weighted by atomic mass is 16.8. The zero-order valence-electron chi connectivity index (χ0n) is 23.6. The van der Waals surface area contributed by atoms with Gasteiger partial charge in [0.15, 0.2) is 17.7 Å². The van der Waals surface area contributed by atoms with E-state index in [1.807, 2.05) is 30.3 Å². The molecule has 0 saturated carbocycles. The molecule has 11 heteroatoms. The first kappa shape index (κ1) is 29.9. The second-order valence-corrected chi connectivity index (χ2v) is 10.6. The fourth-order valence-corrected chi connectivity index (χ4v) is 5.09. The molecule has 0 radical (unpaired) electrons. The summed E-state index contributed by atoms with van der Waals surface area (Å²) >= 11 is 0. The number of hydrogen-bond donors (Lipinski definition) is 0. The molecule has 0 aliphatic carbocycles. The summed E-state index contributed by atoms with van der Waals surface area (Å²) in [7, 11) is 2.68. The Bertz CT molecular complexity index is 1130. The summed E-state index contributed by atoms with van der Waals surface area (Å²) < 4.78 is 39.9. The topological polar surface area (TPSA) is 119 Å². The summed E-state index contributed by atoms with van der Waals surface area (Å²) in [5.41, 5.74) is 0.848. The first-order valence-electron chi connectivity index (χ1n) is 13.1. The lowest BCUT2D eigenvalue weighted by atomic mass is 9.89. The van der Waals surface area contributed by atoms with Crippen molar-refractivity contribution in [2.75, 3.05) is 20.8 Å². The molecular weight excluding hydrogens is 522 g/mol. The van der Waals surface area contributed by atoms with Gasteiger partial charge in [0.05, 0.1) is 25.8 Å². The van der Waals surface area contributed by atoms with E-state index in [0.29, 0.717) is 0 Å². The van der Waals surface area contributed by atoms with Crippen LogP contribution in [0.15, 0.2) is 54.6 Å². The SMILES string of the molecule is COC(=O)/C=C/[C@@H]([C@H]1OC(C)(C)O[C@@H]1[C@H]1COC(C)(C)O1)N1C(=O)[C@@H](OC)[C@H]1/C=C/C(=O)OCc1ccccc1. The number of benzene rings is 1. The molecule has 6 atom stereocenters. The van der Waals surface area contributed by atoms with Crippen molar-refractivity contribution in [1.29, 1.82) is 0 Å². The molecule has 218 valence electrons. The number of methoxy groups -OCH3 is 2. The van der Waals surface area contributed by atoms with E-state index in [0.717, 1.165) is 5.56 Å². The monoisotopic (exact) mass is 559 g/mol. The Morgan fingerprint density at radius 1 is 1.02 bits per heavy atom. The van der Waals surface area contributed by atoms with Crippen LogP contribution in [0.3, 0.4) is 0 Å². The first-order chi connectivity index (χ1) is 18.9. The molecule has 1 aromatic rings. The van der Waals surface area contributed by atoms with Gasteiger partial charge in [-0.3, -0.25) is 4.79 Å². The Morgan fingerprint density at radius 3 is 2.38 bits per heavy atom. The molecule has 0 aromatic heterocycles. The predicted molar refractivity (Wildman–Crippen MR) is 140 cm³/mol. The van der Waals surface area contributed by atoms with Crippen LogP contribution in [0.2, 0.25) is 0 Å². The second-order valence-electron chi connectivity index (χ2n) is 10.6. The lowest BCUT2D eigenvalue weighted by molar-refractivity contribution is -0.180. The van der Waals surface area contributed by atoms with Gasteiger partial charge in [-0.05, 0) is 33.3 Å². The number of β-lactam (4-membered cyclic amide) rings is 1. The normalized spacial score (nSPS) is 30.0. The van der Waals surface area contributed by atoms with Gasteiger partial charge >= 0.3 is 11.9 Å². The average Bonchev–Trinajstić information content (AvgIpc) is 3.45. The van der Waals surface area contributed by atoms with Gasteiger partial charge in [0.2, 0.25) is 0 Å². The van der Waals surface area contributed by atoms with Crippen molar-refractivity contribution < 1.29 is 47.5 Å². The molecule has 0 N–H and O–H groups in total. The fourth-order valence-electron chi connectivity index (χ4n) is 5.09. The molecule has 1 amide bonds. The van der Waals surface area contributed by atoms with Crippen molar-refractivity contribution in [2.24, 2.45) is 0 Å². The molecule has 40 heavy (non-hydrogen) atoms. The number of rotatable bonds is 10. The number of nitrogens with zero attached hydrogens (tertiary/aromatic N) is 1. The van der Waals surface area contributed by atoms with Crippen LogP contribution in [-0.4, -0.2) is 91.6 Å². The zero-order valence-corrected chi connectivity index (χ0v) is 23.6. The molecule has 0 unspecified atom stereocenters. The van der Waals surface area contributed by atoms with Gasteiger partial charge in [-0.15, -0.1) is 0 Å². The molecule has 3 fully saturated rings. The van der Waals surface area contributed by atoms with E-state index in [1.54, 1.807) is 33.8 Å². The molecule has 3 aliphatic rings. The van der Waals surface area contributed by atoms with Crippen molar-refractivity contribution >= 4 is 17.8 Å². The third kappa shape index (κ3) is 6.79. The Hall–Kier alpha value is -3.09. The average molecular weight is 560 g/mol. The standard InChI is InChI=1S/C29H37NO10/c1-28(2)37-17-21(38-28)26-24(39-29(3,4)40-26)19(12-14-22(31)34-5)30-20(25(35-6)27(30)33)13-15-23(32)36-16-18-10-8-7-9-11-18/h7-15,19-21,24-26H,16-17H2,1-6H3/b14-12+,15-13+/t19-,20+,21+,24+,25-,26+/m0/s1. The summed E-state index contributed by atoms with van der Waals surface area (Å²) in [5.74, 6) is -3.34. The van der Waals surface area contributed by atoms with Crippen LogP contribution in [0, 0.1) is 0 Å².